The summed E-state index contributed by atoms with van der Waals surface area (Å²) in [7, 11) is 1.59. The summed E-state index contributed by atoms with van der Waals surface area (Å²) in [6, 6.07) is 12.4. The number of carbonyl (C=O) groups is 1. The summed E-state index contributed by atoms with van der Waals surface area (Å²) >= 11 is 3.37. The van der Waals surface area contributed by atoms with Gasteiger partial charge < -0.3 is 10.1 Å². The van der Waals surface area contributed by atoms with Crippen molar-refractivity contribution in [2.24, 2.45) is 0 Å². The number of amides is 1. The van der Waals surface area contributed by atoms with E-state index in [2.05, 4.69) is 36.8 Å². The maximum absolute atomic E-state index is 12.6. The highest BCUT2D eigenvalue weighted by Gasteiger charge is 2.15. The fraction of sp³-hybridized carbons (Fsp3) is 0.0667. The highest BCUT2D eigenvalue weighted by atomic mass is 79.9. The van der Waals surface area contributed by atoms with Gasteiger partial charge in [0.15, 0.2) is 0 Å². The first kappa shape index (κ1) is 15.2. The number of tetrazole rings is 1. The molecule has 0 aliphatic rings. The molecule has 116 valence electrons. The number of halogens is 1. The lowest BCUT2D eigenvalue weighted by molar-refractivity contribution is 0.102. The van der Waals surface area contributed by atoms with E-state index in [1.54, 1.807) is 43.5 Å². The second kappa shape index (κ2) is 6.57. The first-order valence-electron chi connectivity index (χ1n) is 6.65. The smallest absolute Gasteiger partial charge is 0.257 e. The topological polar surface area (TPSA) is 81.9 Å². The van der Waals surface area contributed by atoms with Gasteiger partial charge in [-0.3, -0.25) is 4.79 Å². The van der Waals surface area contributed by atoms with Crippen LogP contribution in [0.5, 0.6) is 5.75 Å². The van der Waals surface area contributed by atoms with Gasteiger partial charge in [-0.25, -0.2) is 0 Å². The van der Waals surface area contributed by atoms with Crippen LogP contribution in [0, 0.1) is 0 Å². The van der Waals surface area contributed by atoms with Crippen molar-refractivity contribution in [2.45, 2.75) is 0 Å². The molecule has 3 rings (SSSR count). The molecule has 0 atom stereocenters. The molecular weight excluding hydrogens is 362 g/mol. The molecule has 3 aromatic rings. The maximum Gasteiger partial charge on any atom is 0.257 e. The number of benzene rings is 2. The summed E-state index contributed by atoms with van der Waals surface area (Å²) in [6.45, 7) is 0. The number of carbonyl (C=O) groups excluding carboxylic acids is 1. The lowest BCUT2D eigenvalue weighted by atomic mass is 10.1. The molecule has 1 aromatic heterocycles. The van der Waals surface area contributed by atoms with Gasteiger partial charge in [-0.2, -0.15) is 4.68 Å². The number of methoxy groups -OCH3 is 1. The van der Waals surface area contributed by atoms with Gasteiger partial charge in [-0.1, -0.05) is 15.9 Å². The standard InChI is InChI=1S/C15H12BrN5O2/c1-23-12-5-3-11(4-6-12)18-15(22)13-8-10(16)2-7-14(13)21-9-17-19-20-21/h2-9H,1H3,(H,18,22). The predicted octanol–water partition coefficient (Wildman–Crippen LogP) is 2.69. The number of aromatic nitrogens is 4. The Morgan fingerprint density at radius 1 is 1.22 bits per heavy atom. The van der Waals surface area contributed by atoms with E-state index < -0.39 is 0 Å². The van der Waals surface area contributed by atoms with E-state index in [1.807, 2.05) is 6.07 Å². The van der Waals surface area contributed by atoms with Gasteiger partial charge in [0, 0.05) is 10.2 Å². The van der Waals surface area contributed by atoms with Crippen LogP contribution in [0.1, 0.15) is 10.4 Å². The predicted molar refractivity (Wildman–Crippen MR) is 87.8 cm³/mol. The van der Waals surface area contributed by atoms with Crippen LogP contribution >= 0.6 is 15.9 Å². The third-order valence-electron chi connectivity index (χ3n) is 3.15. The second-order valence-corrected chi connectivity index (χ2v) is 5.51. The number of ether oxygens (including phenoxy) is 1. The summed E-state index contributed by atoms with van der Waals surface area (Å²) in [6.07, 6.45) is 1.44. The average molecular weight is 374 g/mol. The summed E-state index contributed by atoms with van der Waals surface area (Å²) in [4.78, 5) is 12.6. The molecule has 0 aliphatic heterocycles. The van der Waals surface area contributed by atoms with Gasteiger partial charge in [-0.05, 0) is 52.9 Å². The third kappa shape index (κ3) is 3.37. The van der Waals surface area contributed by atoms with Gasteiger partial charge in [0.25, 0.3) is 5.91 Å². The number of anilines is 1. The summed E-state index contributed by atoms with van der Waals surface area (Å²) in [5, 5.41) is 13.9. The van der Waals surface area contributed by atoms with Gasteiger partial charge >= 0.3 is 0 Å². The van der Waals surface area contributed by atoms with Crippen molar-refractivity contribution < 1.29 is 9.53 Å². The second-order valence-electron chi connectivity index (χ2n) is 4.60. The molecule has 2 aromatic carbocycles. The summed E-state index contributed by atoms with van der Waals surface area (Å²) < 4.78 is 7.32. The zero-order valence-corrected chi connectivity index (χ0v) is 13.7. The van der Waals surface area contributed by atoms with Gasteiger partial charge in [0.2, 0.25) is 0 Å². The number of rotatable bonds is 4. The van der Waals surface area contributed by atoms with Crippen LogP contribution in [0.2, 0.25) is 0 Å². The molecule has 8 heteroatoms. The van der Waals surface area contributed by atoms with Crippen molar-refractivity contribution in [3.63, 3.8) is 0 Å². The first-order chi connectivity index (χ1) is 11.2. The van der Waals surface area contributed by atoms with Crippen molar-refractivity contribution in [3.05, 3.63) is 58.8 Å². The molecule has 1 heterocycles. The lowest BCUT2D eigenvalue weighted by Crippen LogP contribution is -2.15. The highest BCUT2D eigenvalue weighted by Crippen LogP contribution is 2.21. The molecule has 0 unspecified atom stereocenters. The molecule has 0 saturated carbocycles. The van der Waals surface area contributed by atoms with Crippen LogP contribution in [0.25, 0.3) is 5.69 Å². The fourth-order valence-electron chi connectivity index (χ4n) is 2.03. The van der Waals surface area contributed by atoms with E-state index in [0.717, 1.165) is 10.2 Å². The molecule has 1 N–H and O–H groups in total. The SMILES string of the molecule is COc1ccc(NC(=O)c2cc(Br)ccc2-n2cnnn2)cc1. The Balaban J connectivity index is 1.90. The molecule has 0 bridgehead atoms. The van der Waals surface area contributed by atoms with E-state index in [4.69, 9.17) is 4.74 Å². The van der Waals surface area contributed by atoms with Crippen LogP contribution in [0.4, 0.5) is 5.69 Å². The minimum Gasteiger partial charge on any atom is -0.497 e. The molecule has 0 aliphatic carbocycles. The molecule has 0 spiro atoms. The Kier molecular flexibility index (Phi) is 4.33. The Bertz CT molecular complexity index is 818. The number of nitrogens with zero attached hydrogens (tertiary/aromatic N) is 4. The van der Waals surface area contributed by atoms with Gasteiger partial charge in [-0.15, -0.1) is 5.10 Å². The minimum atomic E-state index is -0.262. The van der Waals surface area contributed by atoms with Crippen LogP contribution in [-0.4, -0.2) is 33.2 Å². The van der Waals surface area contributed by atoms with Gasteiger partial charge in [0.1, 0.15) is 12.1 Å². The average Bonchev–Trinajstić information content (AvgIpc) is 3.09. The van der Waals surface area contributed by atoms with E-state index in [1.165, 1.54) is 11.0 Å². The molecule has 0 saturated heterocycles. The van der Waals surface area contributed by atoms with E-state index in [-0.39, 0.29) is 5.91 Å². The van der Waals surface area contributed by atoms with E-state index in [0.29, 0.717) is 16.9 Å². The van der Waals surface area contributed by atoms with Crippen molar-refractivity contribution in [2.75, 3.05) is 12.4 Å². The largest absolute Gasteiger partial charge is 0.497 e. The zero-order chi connectivity index (χ0) is 16.2. The number of hydrogen-bond acceptors (Lipinski definition) is 5. The molecule has 23 heavy (non-hydrogen) atoms. The lowest BCUT2D eigenvalue weighted by Gasteiger charge is -2.10. The van der Waals surface area contributed by atoms with Gasteiger partial charge in [0.05, 0.1) is 18.4 Å². The summed E-state index contributed by atoms with van der Waals surface area (Å²) in [5.74, 6) is 0.460. The van der Waals surface area contributed by atoms with Crippen LogP contribution in [-0.2, 0) is 0 Å². The third-order valence-corrected chi connectivity index (χ3v) is 3.64. The summed E-state index contributed by atoms with van der Waals surface area (Å²) in [5.41, 5.74) is 1.70. The van der Waals surface area contributed by atoms with E-state index in [9.17, 15) is 4.79 Å². The van der Waals surface area contributed by atoms with Crippen LogP contribution in [0.3, 0.4) is 0 Å². The molecule has 7 nitrogen and oxygen atoms in total. The molecule has 1 amide bonds. The minimum absolute atomic E-state index is 0.262. The molecule has 0 radical (unpaired) electrons. The first-order valence-corrected chi connectivity index (χ1v) is 7.45. The molecule has 0 fully saturated rings. The van der Waals surface area contributed by atoms with Crippen molar-refractivity contribution in [1.29, 1.82) is 0 Å². The maximum atomic E-state index is 12.6. The quantitative estimate of drug-likeness (QED) is 0.760. The number of nitrogens with one attached hydrogen (secondary N) is 1. The highest BCUT2D eigenvalue weighted by molar-refractivity contribution is 9.10. The Hall–Kier alpha value is -2.74. The Morgan fingerprint density at radius 2 is 2.00 bits per heavy atom. The normalized spacial score (nSPS) is 10.3. The fourth-order valence-corrected chi connectivity index (χ4v) is 2.40. The van der Waals surface area contributed by atoms with Crippen LogP contribution < -0.4 is 10.1 Å². The molecular formula is C15H12BrN5O2. The van der Waals surface area contributed by atoms with E-state index >= 15 is 0 Å². The monoisotopic (exact) mass is 373 g/mol. The van der Waals surface area contributed by atoms with Crippen LogP contribution in [0.15, 0.2) is 53.3 Å². The Labute approximate surface area is 140 Å². The Morgan fingerprint density at radius 3 is 2.65 bits per heavy atom. The van der Waals surface area contributed by atoms with Crippen molar-refractivity contribution in [3.8, 4) is 11.4 Å². The van der Waals surface area contributed by atoms with Crippen molar-refractivity contribution >= 4 is 27.5 Å². The number of hydrogen-bond donors (Lipinski definition) is 1. The zero-order valence-electron chi connectivity index (χ0n) is 12.1. The van der Waals surface area contributed by atoms with Crippen molar-refractivity contribution in [1.82, 2.24) is 20.2 Å².